The predicted octanol–water partition coefficient (Wildman–Crippen LogP) is 2.44. The van der Waals surface area contributed by atoms with E-state index in [1.54, 1.807) is 21.1 Å². The number of anilines is 1. The number of hydrogen-bond acceptors (Lipinski definition) is 6. The summed E-state index contributed by atoms with van der Waals surface area (Å²) >= 11 is 0. The fourth-order valence-corrected chi connectivity index (χ4v) is 3.88. The summed E-state index contributed by atoms with van der Waals surface area (Å²) in [5, 5.41) is 7.70. The molecule has 1 aliphatic rings. The van der Waals surface area contributed by atoms with Crippen LogP contribution in [-0.4, -0.2) is 53.9 Å². The van der Waals surface area contributed by atoms with Gasteiger partial charge in [0.05, 0.1) is 37.5 Å². The summed E-state index contributed by atoms with van der Waals surface area (Å²) in [5.41, 5.74) is 4.54. The molecule has 4 rings (SSSR count). The van der Waals surface area contributed by atoms with E-state index in [9.17, 15) is 4.79 Å². The van der Waals surface area contributed by atoms with Gasteiger partial charge in [-0.3, -0.25) is 4.79 Å². The Kier molecular flexibility index (Phi) is 5.00. The number of ether oxygens (including phenoxy) is 2. The second-order valence-corrected chi connectivity index (χ2v) is 7.25. The van der Waals surface area contributed by atoms with Crippen molar-refractivity contribution < 1.29 is 14.3 Å². The zero-order chi connectivity index (χ0) is 20.5. The number of carbonyl (C=O) groups is 1. The predicted molar refractivity (Wildman–Crippen MR) is 111 cm³/mol. The van der Waals surface area contributed by atoms with Crippen molar-refractivity contribution in [2.24, 2.45) is 0 Å². The Hall–Kier alpha value is -3.29. The molecule has 1 fully saturated rings. The lowest BCUT2D eigenvalue weighted by atomic mass is 10.1. The molecule has 1 N–H and O–H groups in total. The van der Waals surface area contributed by atoms with Crippen LogP contribution in [0, 0.1) is 6.92 Å². The number of carbonyl (C=O) groups excluding carboxylic acids is 1. The summed E-state index contributed by atoms with van der Waals surface area (Å²) in [5.74, 6) is 1.34. The van der Waals surface area contributed by atoms with E-state index in [2.05, 4.69) is 21.3 Å². The Labute approximate surface area is 169 Å². The number of nitrogens with one attached hydrogen (secondary N) is 1. The van der Waals surface area contributed by atoms with Crippen molar-refractivity contribution in [1.82, 2.24) is 19.9 Å². The zero-order valence-corrected chi connectivity index (χ0v) is 17.1. The lowest BCUT2D eigenvalue weighted by molar-refractivity contribution is -0.119. The van der Waals surface area contributed by atoms with Crippen LogP contribution in [0.3, 0.4) is 0 Å². The van der Waals surface area contributed by atoms with Crippen LogP contribution >= 0.6 is 0 Å². The quantitative estimate of drug-likeness (QED) is 0.715. The minimum absolute atomic E-state index is 0.00413. The molecule has 0 radical (unpaired) electrons. The van der Waals surface area contributed by atoms with Crippen LogP contribution in [0.4, 0.5) is 5.69 Å². The zero-order valence-electron chi connectivity index (χ0n) is 17.1. The molecule has 29 heavy (non-hydrogen) atoms. The number of nitrogens with zero attached hydrogens (tertiary/aromatic N) is 4. The molecule has 3 heterocycles. The highest BCUT2D eigenvalue weighted by molar-refractivity contribution is 5.76. The molecule has 0 saturated carbocycles. The highest BCUT2D eigenvalue weighted by Crippen LogP contribution is 2.34. The van der Waals surface area contributed by atoms with E-state index in [1.165, 1.54) is 0 Å². The topological polar surface area (TPSA) is 81.0 Å². The number of amides is 1. The molecular formula is C21H25N5O3. The average molecular weight is 395 g/mol. The van der Waals surface area contributed by atoms with Crippen molar-refractivity contribution in [3.05, 3.63) is 36.2 Å². The summed E-state index contributed by atoms with van der Waals surface area (Å²) in [4.78, 5) is 18.3. The molecule has 0 aliphatic carbocycles. The fourth-order valence-electron chi connectivity index (χ4n) is 3.88. The SMILES string of the molecule is COc1ccc(-c2cnc3c(N4CCC(NC(C)=O)C4)cc(C)nn23)cc1OC. The molecule has 1 amide bonds. The smallest absolute Gasteiger partial charge is 0.217 e. The van der Waals surface area contributed by atoms with Crippen LogP contribution < -0.4 is 19.7 Å². The first-order valence-corrected chi connectivity index (χ1v) is 9.60. The standard InChI is InChI=1S/C21H25N5O3/c1-13-9-17(25-8-7-16(12-25)23-14(2)27)21-22-11-18(26(21)24-13)15-5-6-19(28-3)20(10-15)29-4/h5-6,9-11,16H,7-8,12H2,1-4H3,(H,23,27). The third-order valence-corrected chi connectivity index (χ3v) is 5.19. The van der Waals surface area contributed by atoms with Crippen molar-refractivity contribution in [3.63, 3.8) is 0 Å². The minimum atomic E-state index is 0.00413. The van der Waals surface area contributed by atoms with Gasteiger partial charge >= 0.3 is 0 Å². The monoisotopic (exact) mass is 395 g/mol. The molecule has 0 spiro atoms. The maximum absolute atomic E-state index is 11.4. The van der Waals surface area contributed by atoms with Crippen LogP contribution in [0.1, 0.15) is 19.0 Å². The van der Waals surface area contributed by atoms with Gasteiger partial charge in [-0.05, 0) is 37.6 Å². The van der Waals surface area contributed by atoms with Gasteiger partial charge in [-0.2, -0.15) is 5.10 Å². The van der Waals surface area contributed by atoms with Gasteiger partial charge in [0.15, 0.2) is 17.1 Å². The molecule has 1 aliphatic heterocycles. The Morgan fingerprint density at radius 3 is 2.72 bits per heavy atom. The Bertz CT molecular complexity index is 1060. The average Bonchev–Trinajstić information content (AvgIpc) is 3.33. The Morgan fingerprint density at radius 2 is 2.00 bits per heavy atom. The molecule has 0 bridgehead atoms. The molecule has 8 heteroatoms. The molecule has 1 atom stereocenters. The van der Waals surface area contributed by atoms with Crippen molar-refractivity contribution in [1.29, 1.82) is 0 Å². The first-order chi connectivity index (χ1) is 14.0. The molecular weight excluding hydrogens is 370 g/mol. The molecule has 152 valence electrons. The first kappa shape index (κ1) is 19.0. The van der Waals surface area contributed by atoms with Crippen molar-refractivity contribution in [2.75, 3.05) is 32.2 Å². The van der Waals surface area contributed by atoms with Gasteiger partial charge in [-0.1, -0.05) is 0 Å². The highest BCUT2D eigenvalue weighted by atomic mass is 16.5. The minimum Gasteiger partial charge on any atom is -0.493 e. The Balaban J connectivity index is 1.74. The van der Waals surface area contributed by atoms with Crippen LogP contribution in [0.15, 0.2) is 30.5 Å². The highest BCUT2D eigenvalue weighted by Gasteiger charge is 2.26. The summed E-state index contributed by atoms with van der Waals surface area (Å²) in [7, 11) is 3.24. The number of methoxy groups -OCH3 is 2. The molecule has 1 saturated heterocycles. The molecule has 3 aromatic rings. The fraction of sp³-hybridized carbons (Fsp3) is 0.381. The van der Waals surface area contributed by atoms with Gasteiger partial charge in [0.2, 0.25) is 5.91 Å². The van der Waals surface area contributed by atoms with E-state index in [4.69, 9.17) is 14.6 Å². The maximum Gasteiger partial charge on any atom is 0.217 e. The second kappa shape index (κ2) is 7.62. The largest absolute Gasteiger partial charge is 0.493 e. The van der Waals surface area contributed by atoms with Crippen LogP contribution in [0.25, 0.3) is 16.9 Å². The molecule has 1 aromatic carbocycles. The number of imidazole rings is 1. The summed E-state index contributed by atoms with van der Waals surface area (Å²) in [6.45, 7) is 5.16. The maximum atomic E-state index is 11.4. The number of aromatic nitrogens is 3. The number of fused-ring (bicyclic) bond motifs is 1. The van der Waals surface area contributed by atoms with E-state index < -0.39 is 0 Å². The van der Waals surface area contributed by atoms with E-state index in [-0.39, 0.29) is 11.9 Å². The number of aryl methyl sites for hydroxylation is 1. The van der Waals surface area contributed by atoms with Gasteiger partial charge in [0.1, 0.15) is 0 Å². The van der Waals surface area contributed by atoms with E-state index >= 15 is 0 Å². The van der Waals surface area contributed by atoms with Crippen molar-refractivity contribution in [2.45, 2.75) is 26.3 Å². The second-order valence-electron chi connectivity index (χ2n) is 7.25. The normalized spacial score (nSPS) is 16.3. The summed E-state index contributed by atoms with van der Waals surface area (Å²) < 4.78 is 12.7. The van der Waals surface area contributed by atoms with Crippen LogP contribution in [0.2, 0.25) is 0 Å². The number of benzene rings is 1. The Morgan fingerprint density at radius 1 is 1.21 bits per heavy atom. The lowest BCUT2D eigenvalue weighted by Crippen LogP contribution is -2.35. The molecule has 2 aromatic heterocycles. The van der Waals surface area contributed by atoms with Crippen molar-refractivity contribution in [3.8, 4) is 22.8 Å². The van der Waals surface area contributed by atoms with Gasteiger partial charge < -0.3 is 19.7 Å². The van der Waals surface area contributed by atoms with Gasteiger partial charge in [-0.15, -0.1) is 0 Å². The molecule has 1 unspecified atom stereocenters. The summed E-state index contributed by atoms with van der Waals surface area (Å²) in [6, 6.07) is 7.98. The molecule has 8 nitrogen and oxygen atoms in total. The first-order valence-electron chi connectivity index (χ1n) is 9.60. The summed E-state index contributed by atoms with van der Waals surface area (Å²) in [6.07, 6.45) is 2.74. The van der Waals surface area contributed by atoms with Gasteiger partial charge in [-0.25, -0.2) is 9.50 Å². The third kappa shape index (κ3) is 3.57. The van der Waals surface area contributed by atoms with Gasteiger partial charge in [0, 0.05) is 31.6 Å². The number of hydrogen-bond donors (Lipinski definition) is 1. The van der Waals surface area contributed by atoms with E-state index in [0.29, 0.717) is 11.5 Å². The van der Waals surface area contributed by atoms with Crippen LogP contribution in [-0.2, 0) is 4.79 Å². The van der Waals surface area contributed by atoms with Crippen molar-refractivity contribution >= 4 is 17.2 Å². The number of rotatable bonds is 5. The third-order valence-electron chi connectivity index (χ3n) is 5.19. The lowest BCUT2D eigenvalue weighted by Gasteiger charge is -2.20. The van der Waals surface area contributed by atoms with E-state index in [1.807, 2.05) is 35.8 Å². The van der Waals surface area contributed by atoms with Crippen LogP contribution in [0.5, 0.6) is 11.5 Å². The van der Waals surface area contributed by atoms with Gasteiger partial charge in [0.25, 0.3) is 0 Å². The van der Waals surface area contributed by atoms with E-state index in [0.717, 1.165) is 47.8 Å².